The Morgan fingerprint density at radius 3 is 2.66 bits per heavy atom. The first-order valence-electron chi connectivity index (χ1n) is 9.74. The van der Waals surface area contributed by atoms with Gasteiger partial charge in [0.1, 0.15) is 12.4 Å². The molecule has 4 heterocycles. The first kappa shape index (κ1) is 18.9. The molecule has 3 aromatic heterocycles. The maximum Gasteiger partial charge on any atom is 0.255 e. The Morgan fingerprint density at radius 2 is 1.93 bits per heavy atom. The molecule has 1 saturated heterocycles. The molecule has 150 valence electrons. The van der Waals surface area contributed by atoms with E-state index in [4.69, 9.17) is 0 Å². The molecule has 0 aromatic carbocycles. The summed E-state index contributed by atoms with van der Waals surface area (Å²) < 4.78 is 3.27. The number of nitrogens with zero attached hydrogens (tertiary/aromatic N) is 6. The van der Waals surface area contributed by atoms with Gasteiger partial charge in [0.2, 0.25) is 5.91 Å². The number of hydrogen-bond acceptors (Lipinski definition) is 5. The smallest absolute Gasteiger partial charge is 0.255 e. The van der Waals surface area contributed by atoms with Crippen molar-refractivity contribution in [2.75, 3.05) is 18.4 Å². The molecule has 4 rings (SSSR count). The zero-order valence-corrected chi connectivity index (χ0v) is 16.3. The molecule has 0 spiro atoms. The lowest BCUT2D eigenvalue weighted by atomic mass is 10.2. The molecule has 0 unspecified atom stereocenters. The summed E-state index contributed by atoms with van der Waals surface area (Å²) >= 11 is 0. The van der Waals surface area contributed by atoms with E-state index in [1.165, 1.54) is 0 Å². The van der Waals surface area contributed by atoms with Crippen LogP contribution in [0.1, 0.15) is 30.1 Å². The van der Waals surface area contributed by atoms with E-state index in [0.29, 0.717) is 23.6 Å². The van der Waals surface area contributed by atoms with Crippen LogP contribution in [0.2, 0.25) is 0 Å². The molecule has 0 radical (unpaired) electrons. The summed E-state index contributed by atoms with van der Waals surface area (Å²) in [4.78, 5) is 30.9. The third-order valence-corrected chi connectivity index (χ3v) is 4.92. The number of hydrogen-bond donors (Lipinski definition) is 1. The van der Waals surface area contributed by atoms with Gasteiger partial charge < -0.3 is 10.2 Å². The van der Waals surface area contributed by atoms with Gasteiger partial charge in [-0.05, 0) is 31.9 Å². The second kappa shape index (κ2) is 8.26. The SMILES string of the molecule is CCn1nccc1NC(=O)Cn1cc(-c2ccc(C(=O)N3CCCC3)cn2)cn1. The number of likely N-dealkylation sites (tertiary alicyclic amines) is 1. The average Bonchev–Trinajstić information content (AvgIpc) is 3.49. The maximum absolute atomic E-state index is 12.4. The maximum atomic E-state index is 12.4. The lowest BCUT2D eigenvalue weighted by Gasteiger charge is -2.14. The van der Waals surface area contributed by atoms with Crippen molar-refractivity contribution < 1.29 is 9.59 Å². The van der Waals surface area contributed by atoms with Gasteiger partial charge in [0.15, 0.2) is 0 Å². The predicted molar refractivity (Wildman–Crippen MR) is 107 cm³/mol. The van der Waals surface area contributed by atoms with E-state index in [-0.39, 0.29) is 18.4 Å². The Morgan fingerprint density at radius 1 is 1.10 bits per heavy atom. The topological polar surface area (TPSA) is 97.9 Å². The van der Waals surface area contributed by atoms with Gasteiger partial charge in [0.05, 0.1) is 23.7 Å². The highest BCUT2D eigenvalue weighted by Gasteiger charge is 2.19. The Kier molecular flexibility index (Phi) is 5.37. The number of carbonyl (C=O) groups is 2. The van der Waals surface area contributed by atoms with Crippen molar-refractivity contribution in [1.29, 1.82) is 0 Å². The molecule has 9 heteroatoms. The van der Waals surface area contributed by atoms with Gasteiger partial charge in [0.25, 0.3) is 5.91 Å². The van der Waals surface area contributed by atoms with Crippen LogP contribution >= 0.6 is 0 Å². The fourth-order valence-corrected chi connectivity index (χ4v) is 3.40. The van der Waals surface area contributed by atoms with Gasteiger partial charge in [-0.2, -0.15) is 10.2 Å². The molecule has 1 aliphatic heterocycles. The zero-order chi connectivity index (χ0) is 20.2. The van der Waals surface area contributed by atoms with Crippen molar-refractivity contribution in [3.8, 4) is 11.3 Å². The van der Waals surface area contributed by atoms with E-state index in [2.05, 4.69) is 20.5 Å². The summed E-state index contributed by atoms with van der Waals surface area (Å²) in [6.07, 6.45) is 8.80. The molecule has 0 aliphatic carbocycles. The van der Waals surface area contributed by atoms with Gasteiger partial charge >= 0.3 is 0 Å². The number of rotatable bonds is 6. The lowest BCUT2D eigenvalue weighted by Crippen LogP contribution is -2.27. The molecule has 0 atom stereocenters. The molecular weight excluding hydrogens is 370 g/mol. The van der Waals surface area contributed by atoms with Gasteiger partial charge in [-0.1, -0.05) is 0 Å². The van der Waals surface area contributed by atoms with Crippen LogP contribution < -0.4 is 5.32 Å². The molecule has 1 fully saturated rings. The molecular formula is C20H23N7O2. The quantitative estimate of drug-likeness (QED) is 0.691. The molecule has 0 bridgehead atoms. The Hall–Kier alpha value is -3.49. The van der Waals surface area contributed by atoms with E-state index in [9.17, 15) is 9.59 Å². The summed E-state index contributed by atoms with van der Waals surface area (Å²) in [6, 6.07) is 5.36. The van der Waals surface area contributed by atoms with Gasteiger partial charge in [-0.3, -0.25) is 19.3 Å². The van der Waals surface area contributed by atoms with E-state index in [1.54, 1.807) is 46.3 Å². The summed E-state index contributed by atoms with van der Waals surface area (Å²) in [5, 5.41) is 11.2. The monoisotopic (exact) mass is 393 g/mol. The van der Waals surface area contributed by atoms with Crippen LogP contribution in [0.15, 0.2) is 43.0 Å². The lowest BCUT2D eigenvalue weighted by molar-refractivity contribution is -0.116. The highest BCUT2D eigenvalue weighted by atomic mass is 16.2. The van der Waals surface area contributed by atoms with Crippen molar-refractivity contribution in [3.05, 3.63) is 48.5 Å². The first-order chi connectivity index (χ1) is 14.1. The summed E-state index contributed by atoms with van der Waals surface area (Å²) in [7, 11) is 0. The minimum Gasteiger partial charge on any atom is -0.339 e. The van der Waals surface area contributed by atoms with Gasteiger partial charge in [-0.25, -0.2) is 4.68 Å². The minimum absolute atomic E-state index is 0.0280. The fraction of sp³-hybridized carbons (Fsp3) is 0.350. The van der Waals surface area contributed by atoms with Crippen LogP contribution in [0.4, 0.5) is 5.82 Å². The van der Waals surface area contributed by atoms with Crippen molar-refractivity contribution in [2.24, 2.45) is 0 Å². The van der Waals surface area contributed by atoms with Gasteiger partial charge in [0, 0.05) is 43.7 Å². The standard InChI is InChI=1S/C20H23N7O2/c1-2-27-18(7-8-22-27)24-19(28)14-26-13-16(12-23-26)17-6-5-15(11-21-17)20(29)25-9-3-4-10-25/h5-8,11-13H,2-4,9-10,14H2,1H3,(H,24,28). The highest BCUT2D eigenvalue weighted by molar-refractivity contribution is 5.94. The first-order valence-corrected chi connectivity index (χ1v) is 9.74. The molecule has 2 amide bonds. The zero-order valence-electron chi connectivity index (χ0n) is 16.3. The number of amides is 2. The largest absolute Gasteiger partial charge is 0.339 e. The highest BCUT2D eigenvalue weighted by Crippen LogP contribution is 2.18. The Bertz CT molecular complexity index is 1000. The van der Waals surface area contributed by atoms with E-state index in [0.717, 1.165) is 31.5 Å². The average molecular weight is 393 g/mol. The normalized spacial score (nSPS) is 13.6. The Labute approximate surface area is 168 Å². The summed E-state index contributed by atoms with van der Waals surface area (Å²) in [6.45, 7) is 4.35. The molecule has 1 N–H and O–H groups in total. The third kappa shape index (κ3) is 4.18. The molecule has 1 aliphatic rings. The summed E-state index contributed by atoms with van der Waals surface area (Å²) in [5.41, 5.74) is 2.09. The van der Waals surface area contributed by atoms with Gasteiger partial charge in [-0.15, -0.1) is 0 Å². The second-order valence-electron chi connectivity index (χ2n) is 6.94. The van der Waals surface area contributed by atoms with E-state index in [1.807, 2.05) is 17.9 Å². The molecule has 3 aromatic rings. The van der Waals surface area contributed by atoms with Crippen LogP contribution in [0.5, 0.6) is 0 Å². The van der Waals surface area contributed by atoms with E-state index >= 15 is 0 Å². The minimum atomic E-state index is -0.186. The summed E-state index contributed by atoms with van der Waals surface area (Å²) in [5.74, 6) is 0.499. The number of aromatic nitrogens is 5. The van der Waals surface area contributed by atoms with Crippen molar-refractivity contribution in [3.63, 3.8) is 0 Å². The Balaban J connectivity index is 1.39. The van der Waals surface area contributed by atoms with Crippen LogP contribution in [-0.4, -0.2) is 54.3 Å². The van der Waals surface area contributed by atoms with Crippen LogP contribution in [-0.2, 0) is 17.9 Å². The van der Waals surface area contributed by atoms with Crippen molar-refractivity contribution in [2.45, 2.75) is 32.9 Å². The number of pyridine rings is 1. The number of carbonyl (C=O) groups excluding carboxylic acids is 2. The molecule has 9 nitrogen and oxygen atoms in total. The van der Waals surface area contributed by atoms with Crippen LogP contribution in [0.3, 0.4) is 0 Å². The molecule has 0 saturated carbocycles. The third-order valence-electron chi connectivity index (χ3n) is 4.92. The van der Waals surface area contributed by atoms with Crippen molar-refractivity contribution >= 4 is 17.6 Å². The van der Waals surface area contributed by atoms with Crippen LogP contribution in [0, 0.1) is 0 Å². The number of anilines is 1. The van der Waals surface area contributed by atoms with Crippen LogP contribution in [0.25, 0.3) is 11.3 Å². The number of aryl methyl sites for hydroxylation is 1. The number of nitrogens with one attached hydrogen (secondary N) is 1. The van der Waals surface area contributed by atoms with E-state index < -0.39 is 0 Å². The molecule has 29 heavy (non-hydrogen) atoms. The predicted octanol–water partition coefficient (Wildman–Crippen LogP) is 2.04. The van der Waals surface area contributed by atoms with Crippen molar-refractivity contribution in [1.82, 2.24) is 29.4 Å². The second-order valence-corrected chi connectivity index (χ2v) is 6.94. The fourth-order valence-electron chi connectivity index (χ4n) is 3.40.